The fourth-order valence-corrected chi connectivity index (χ4v) is 1.49. The summed E-state index contributed by atoms with van der Waals surface area (Å²) < 4.78 is 26.4. The Morgan fingerprint density at radius 1 is 1.50 bits per heavy atom. The first kappa shape index (κ1) is 10.9. The van der Waals surface area contributed by atoms with E-state index in [9.17, 15) is 13.6 Å². The second kappa shape index (κ2) is 3.91. The molecule has 0 aliphatic heterocycles. The predicted octanol–water partition coefficient (Wildman–Crippen LogP) is 3.13. The predicted molar refractivity (Wildman–Crippen MR) is 50.4 cm³/mol. The van der Waals surface area contributed by atoms with Crippen LogP contribution in [0.25, 0.3) is 0 Å². The average molecular weight is 266 g/mol. The molecule has 1 aromatic carbocycles. The van der Waals surface area contributed by atoms with Crippen molar-refractivity contribution in [1.82, 2.24) is 0 Å². The molecule has 0 bridgehead atoms. The highest BCUT2D eigenvalue weighted by atomic mass is 79.9. The third-order valence-electron chi connectivity index (χ3n) is 1.57. The van der Waals surface area contributed by atoms with Gasteiger partial charge in [0, 0.05) is 0 Å². The third-order valence-corrected chi connectivity index (χ3v) is 2.15. The number of anilines is 1. The third kappa shape index (κ3) is 2.01. The first-order valence-corrected chi connectivity index (χ1v) is 4.37. The smallest absolute Gasteiger partial charge is 0.409 e. The summed E-state index contributed by atoms with van der Waals surface area (Å²) in [7, 11) is 0. The van der Waals surface area contributed by atoms with Crippen LogP contribution in [0.5, 0.6) is 0 Å². The van der Waals surface area contributed by atoms with E-state index >= 15 is 0 Å². The topological polar surface area (TPSA) is 49.3 Å². The molecule has 0 unspecified atom stereocenters. The van der Waals surface area contributed by atoms with Crippen molar-refractivity contribution in [3.8, 4) is 0 Å². The Bertz CT molecular complexity index is 369. The van der Waals surface area contributed by atoms with E-state index in [-0.39, 0.29) is 10.0 Å². The molecule has 1 aromatic rings. The lowest BCUT2D eigenvalue weighted by Crippen LogP contribution is -2.11. The highest BCUT2D eigenvalue weighted by Gasteiger charge is 2.16. The molecule has 0 fully saturated rings. The lowest BCUT2D eigenvalue weighted by molar-refractivity contribution is 0.209. The Kier molecular flexibility index (Phi) is 3.05. The molecular formula is C8H6BrF2NO2. The van der Waals surface area contributed by atoms with E-state index in [0.29, 0.717) is 0 Å². The van der Waals surface area contributed by atoms with E-state index in [4.69, 9.17) is 5.11 Å². The Morgan fingerprint density at radius 2 is 2.07 bits per heavy atom. The summed E-state index contributed by atoms with van der Waals surface area (Å²) in [6, 6.07) is 1.23. The van der Waals surface area contributed by atoms with Crippen LogP contribution in [0.1, 0.15) is 5.56 Å². The Morgan fingerprint density at radius 3 is 2.57 bits per heavy atom. The molecule has 14 heavy (non-hydrogen) atoms. The van der Waals surface area contributed by atoms with Crippen molar-refractivity contribution in [2.24, 2.45) is 0 Å². The van der Waals surface area contributed by atoms with Gasteiger partial charge in [0.25, 0.3) is 0 Å². The quantitative estimate of drug-likeness (QED) is 0.767. The lowest BCUT2D eigenvalue weighted by atomic mass is 10.2. The van der Waals surface area contributed by atoms with E-state index < -0.39 is 23.4 Å². The molecule has 0 radical (unpaired) electrons. The van der Waals surface area contributed by atoms with E-state index in [1.165, 1.54) is 13.0 Å². The molecule has 6 heteroatoms. The fraction of sp³-hybridized carbons (Fsp3) is 0.125. The molecule has 0 spiro atoms. The molecule has 0 heterocycles. The highest BCUT2D eigenvalue weighted by Crippen LogP contribution is 2.28. The number of rotatable bonds is 1. The minimum absolute atomic E-state index is 0.0140. The monoisotopic (exact) mass is 265 g/mol. The van der Waals surface area contributed by atoms with Gasteiger partial charge in [0.05, 0.1) is 4.47 Å². The summed E-state index contributed by atoms with van der Waals surface area (Å²) in [6.45, 7) is 1.41. The van der Waals surface area contributed by atoms with Crippen molar-refractivity contribution in [3.63, 3.8) is 0 Å². The van der Waals surface area contributed by atoms with Gasteiger partial charge in [0.1, 0.15) is 5.69 Å². The number of nitrogens with one attached hydrogen (secondary N) is 1. The molecule has 1 amide bonds. The maximum Gasteiger partial charge on any atom is 0.409 e. The number of carbonyl (C=O) groups is 1. The molecule has 0 atom stereocenters. The van der Waals surface area contributed by atoms with Crippen molar-refractivity contribution in [3.05, 3.63) is 27.7 Å². The Hall–Kier alpha value is -1.17. The van der Waals surface area contributed by atoms with Gasteiger partial charge in [-0.25, -0.2) is 13.6 Å². The maximum atomic E-state index is 13.2. The number of carboxylic acid groups (broad SMARTS) is 1. The van der Waals surface area contributed by atoms with Crippen molar-refractivity contribution >= 4 is 27.7 Å². The summed E-state index contributed by atoms with van der Waals surface area (Å²) in [4.78, 5) is 10.2. The van der Waals surface area contributed by atoms with E-state index in [0.717, 1.165) is 0 Å². The Balaban J connectivity index is 3.31. The zero-order chi connectivity index (χ0) is 10.9. The zero-order valence-electron chi connectivity index (χ0n) is 7.07. The number of benzene rings is 1. The molecule has 0 aliphatic rings. The number of halogens is 3. The van der Waals surface area contributed by atoms with E-state index in [2.05, 4.69) is 15.9 Å². The number of aryl methyl sites for hydroxylation is 1. The van der Waals surface area contributed by atoms with Crippen LogP contribution < -0.4 is 5.32 Å². The minimum Gasteiger partial charge on any atom is -0.465 e. The van der Waals surface area contributed by atoms with Gasteiger partial charge in [-0.3, -0.25) is 5.32 Å². The second-order valence-corrected chi connectivity index (χ2v) is 3.46. The molecular weight excluding hydrogens is 260 g/mol. The van der Waals surface area contributed by atoms with Crippen LogP contribution in [0.15, 0.2) is 10.5 Å². The van der Waals surface area contributed by atoms with Gasteiger partial charge in [-0.2, -0.15) is 0 Å². The lowest BCUT2D eigenvalue weighted by Gasteiger charge is -2.07. The first-order valence-electron chi connectivity index (χ1n) is 3.57. The number of hydrogen-bond donors (Lipinski definition) is 2. The van der Waals surface area contributed by atoms with Crippen LogP contribution in [0.4, 0.5) is 19.3 Å². The van der Waals surface area contributed by atoms with E-state index in [1.807, 2.05) is 0 Å². The summed E-state index contributed by atoms with van der Waals surface area (Å²) in [5, 5.41) is 10.00. The van der Waals surface area contributed by atoms with Gasteiger partial charge in [0.2, 0.25) is 0 Å². The minimum atomic E-state index is -1.51. The van der Waals surface area contributed by atoms with Crippen LogP contribution in [-0.4, -0.2) is 11.2 Å². The molecule has 0 aromatic heterocycles. The van der Waals surface area contributed by atoms with Crippen molar-refractivity contribution in [2.45, 2.75) is 6.92 Å². The molecule has 0 aliphatic carbocycles. The fourth-order valence-electron chi connectivity index (χ4n) is 0.946. The van der Waals surface area contributed by atoms with Gasteiger partial charge >= 0.3 is 6.09 Å². The summed E-state index contributed by atoms with van der Waals surface area (Å²) >= 11 is 2.85. The van der Waals surface area contributed by atoms with Crippen LogP contribution in [-0.2, 0) is 0 Å². The molecule has 76 valence electrons. The summed E-state index contributed by atoms with van der Waals surface area (Å²) in [5.41, 5.74) is -0.508. The number of hydrogen-bond acceptors (Lipinski definition) is 1. The van der Waals surface area contributed by atoms with Crippen molar-refractivity contribution < 1.29 is 18.7 Å². The normalized spacial score (nSPS) is 10.0. The summed E-state index contributed by atoms with van der Waals surface area (Å²) in [5.74, 6) is -1.87. The highest BCUT2D eigenvalue weighted by molar-refractivity contribution is 9.10. The second-order valence-electron chi connectivity index (χ2n) is 2.61. The van der Waals surface area contributed by atoms with Gasteiger partial charge in [-0.05, 0) is 34.5 Å². The van der Waals surface area contributed by atoms with Crippen LogP contribution >= 0.6 is 15.9 Å². The molecule has 0 saturated heterocycles. The molecule has 1 rings (SSSR count). The first-order chi connectivity index (χ1) is 6.43. The largest absolute Gasteiger partial charge is 0.465 e. The molecule has 3 nitrogen and oxygen atoms in total. The van der Waals surface area contributed by atoms with Crippen LogP contribution in [0, 0.1) is 18.6 Å². The van der Waals surface area contributed by atoms with Gasteiger partial charge < -0.3 is 5.11 Å². The summed E-state index contributed by atoms with van der Waals surface area (Å²) in [6.07, 6.45) is -1.51. The van der Waals surface area contributed by atoms with Crippen LogP contribution in [0.2, 0.25) is 0 Å². The average Bonchev–Trinajstić information content (AvgIpc) is 2.09. The Labute approximate surface area is 86.9 Å². The van der Waals surface area contributed by atoms with E-state index in [1.54, 1.807) is 5.32 Å². The number of amides is 1. The standard InChI is InChI=1S/C8H6BrF2NO2/c1-3-2-4(9)6(11)7(5(3)10)12-8(13)14/h2,12H,1H3,(H,13,14). The van der Waals surface area contributed by atoms with Gasteiger partial charge in [-0.1, -0.05) is 0 Å². The SMILES string of the molecule is Cc1cc(Br)c(F)c(NC(=O)O)c1F. The maximum absolute atomic E-state index is 13.2. The van der Waals surface area contributed by atoms with Crippen LogP contribution in [0.3, 0.4) is 0 Å². The van der Waals surface area contributed by atoms with Gasteiger partial charge in [-0.15, -0.1) is 0 Å². The molecule has 0 saturated carbocycles. The van der Waals surface area contributed by atoms with Crippen molar-refractivity contribution in [1.29, 1.82) is 0 Å². The van der Waals surface area contributed by atoms with Gasteiger partial charge in [0.15, 0.2) is 11.6 Å². The molecule has 2 N–H and O–H groups in total. The zero-order valence-corrected chi connectivity index (χ0v) is 8.65. The van der Waals surface area contributed by atoms with Crippen molar-refractivity contribution in [2.75, 3.05) is 5.32 Å².